The van der Waals surface area contributed by atoms with Gasteiger partial charge in [-0.1, -0.05) is 0 Å². The van der Waals surface area contributed by atoms with Crippen molar-refractivity contribution in [2.24, 2.45) is 0 Å². The van der Waals surface area contributed by atoms with Gasteiger partial charge in [-0.2, -0.15) is 0 Å². The number of carboxylic acids is 1. The van der Waals surface area contributed by atoms with Crippen LogP contribution in [0.15, 0.2) is 18.2 Å². The maximum atomic E-state index is 13.6. The lowest BCUT2D eigenvalue weighted by atomic mass is 10.1. The molecule has 19 heavy (non-hydrogen) atoms. The van der Waals surface area contributed by atoms with Crippen LogP contribution in [-0.4, -0.2) is 37.0 Å². The number of anilines is 1. The summed E-state index contributed by atoms with van der Waals surface area (Å²) >= 11 is 0. The molecule has 104 valence electrons. The number of halogens is 1. The van der Waals surface area contributed by atoms with Crippen LogP contribution in [0, 0.1) is 5.82 Å². The molecular formula is C12H14FNO4S. The lowest BCUT2D eigenvalue weighted by Crippen LogP contribution is -2.35. The molecule has 1 fully saturated rings. The maximum absolute atomic E-state index is 13.6. The van der Waals surface area contributed by atoms with E-state index in [1.807, 2.05) is 0 Å². The van der Waals surface area contributed by atoms with Crippen LogP contribution in [0.2, 0.25) is 0 Å². The molecule has 1 heterocycles. The van der Waals surface area contributed by atoms with E-state index in [1.54, 1.807) is 0 Å². The van der Waals surface area contributed by atoms with Gasteiger partial charge in [-0.15, -0.1) is 0 Å². The first-order valence-corrected chi connectivity index (χ1v) is 7.69. The lowest BCUT2D eigenvalue weighted by molar-refractivity contribution is 0.0697. The van der Waals surface area contributed by atoms with E-state index >= 15 is 0 Å². The Morgan fingerprint density at radius 3 is 2.79 bits per heavy atom. The van der Waals surface area contributed by atoms with Crippen LogP contribution in [0.3, 0.4) is 0 Å². The fourth-order valence-corrected chi connectivity index (χ4v) is 3.76. The van der Waals surface area contributed by atoms with Gasteiger partial charge in [0.25, 0.3) is 0 Å². The van der Waals surface area contributed by atoms with Gasteiger partial charge < -0.3 is 10.4 Å². The summed E-state index contributed by atoms with van der Waals surface area (Å²) in [5.74, 6) is -1.64. The number of carboxylic acid groups (broad SMARTS) is 1. The van der Waals surface area contributed by atoms with Crippen LogP contribution in [0.25, 0.3) is 0 Å². The molecule has 1 saturated heterocycles. The summed E-state index contributed by atoms with van der Waals surface area (Å²) in [7, 11) is -3.09. The third-order valence-corrected chi connectivity index (χ3v) is 4.86. The first kappa shape index (κ1) is 13.8. The first-order chi connectivity index (χ1) is 8.87. The van der Waals surface area contributed by atoms with Crippen molar-refractivity contribution in [2.45, 2.75) is 18.9 Å². The molecule has 0 radical (unpaired) electrons. The van der Waals surface area contributed by atoms with E-state index in [0.29, 0.717) is 12.8 Å². The number of hydrogen-bond donors (Lipinski definition) is 2. The van der Waals surface area contributed by atoms with Gasteiger partial charge in [-0.25, -0.2) is 17.6 Å². The highest BCUT2D eigenvalue weighted by molar-refractivity contribution is 7.91. The van der Waals surface area contributed by atoms with E-state index in [-0.39, 0.29) is 28.8 Å². The van der Waals surface area contributed by atoms with Crippen molar-refractivity contribution in [1.29, 1.82) is 0 Å². The number of rotatable bonds is 3. The molecule has 0 aromatic heterocycles. The minimum atomic E-state index is -3.09. The Balaban J connectivity index is 2.18. The summed E-state index contributed by atoms with van der Waals surface area (Å²) in [5.41, 5.74) is -0.00966. The maximum Gasteiger partial charge on any atom is 0.335 e. The number of nitrogens with one attached hydrogen (secondary N) is 1. The molecular weight excluding hydrogens is 273 g/mol. The van der Waals surface area contributed by atoms with Gasteiger partial charge in [0.1, 0.15) is 5.82 Å². The zero-order chi connectivity index (χ0) is 14.0. The molecule has 1 aliphatic heterocycles. The minimum absolute atomic E-state index is 0.0296. The van der Waals surface area contributed by atoms with Gasteiger partial charge in [0.2, 0.25) is 0 Å². The Kier molecular flexibility index (Phi) is 3.75. The minimum Gasteiger partial charge on any atom is -0.478 e. The summed E-state index contributed by atoms with van der Waals surface area (Å²) < 4.78 is 36.5. The Morgan fingerprint density at radius 2 is 2.16 bits per heavy atom. The van der Waals surface area contributed by atoms with E-state index in [9.17, 15) is 17.6 Å². The second-order valence-corrected chi connectivity index (χ2v) is 6.83. The molecule has 2 rings (SSSR count). The molecule has 0 saturated carbocycles. The van der Waals surface area contributed by atoms with Gasteiger partial charge >= 0.3 is 5.97 Å². The molecule has 0 bridgehead atoms. The van der Waals surface area contributed by atoms with Gasteiger partial charge in [-0.3, -0.25) is 0 Å². The number of sulfone groups is 1. The van der Waals surface area contributed by atoms with Crippen molar-refractivity contribution >= 4 is 21.5 Å². The zero-order valence-corrected chi connectivity index (χ0v) is 10.9. The summed E-state index contributed by atoms with van der Waals surface area (Å²) in [6, 6.07) is 3.03. The Morgan fingerprint density at radius 1 is 1.42 bits per heavy atom. The molecule has 1 aromatic rings. The summed E-state index contributed by atoms with van der Waals surface area (Å²) in [6.07, 6.45) is 1.15. The molecule has 1 atom stereocenters. The third kappa shape index (κ3) is 3.44. The number of carbonyl (C=O) groups is 1. The Bertz CT molecular complexity index is 600. The average Bonchev–Trinajstić information content (AvgIpc) is 2.30. The van der Waals surface area contributed by atoms with E-state index in [1.165, 1.54) is 12.1 Å². The Labute approximate surface area is 110 Å². The van der Waals surface area contributed by atoms with Crippen LogP contribution in [0.1, 0.15) is 23.2 Å². The molecule has 0 aliphatic carbocycles. The van der Waals surface area contributed by atoms with Crippen LogP contribution in [0.4, 0.5) is 10.1 Å². The number of hydrogen-bond acceptors (Lipinski definition) is 4. The first-order valence-electron chi connectivity index (χ1n) is 5.87. The number of benzene rings is 1. The van der Waals surface area contributed by atoms with Crippen LogP contribution in [-0.2, 0) is 9.84 Å². The lowest BCUT2D eigenvalue weighted by Gasteiger charge is -2.24. The second kappa shape index (κ2) is 5.16. The van der Waals surface area contributed by atoms with Crippen molar-refractivity contribution in [3.8, 4) is 0 Å². The van der Waals surface area contributed by atoms with E-state index < -0.39 is 21.6 Å². The fourth-order valence-electron chi connectivity index (χ4n) is 2.13. The smallest absolute Gasteiger partial charge is 0.335 e. The SMILES string of the molecule is O=C(O)c1ccc(F)c(NC2CCCS(=O)(=O)C2)c1. The van der Waals surface area contributed by atoms with Gasteiger partial charge in [0.15, 0.2) is 9.84 Å². The highest BCUT2D eigenvalue weighted by Gasteiger charge is 2.25. The molecule has 0 amide bonds. The van der Waals surface area contributed by atoms with Crippen LogP contribution in [0.5, 0.6) is 0 Å². The quantitative estimate of drug-likeness (QED) is 0.880. The summed E-state index contributed by atoms with van der Waals surface area (Å²) in [5, 5.41) is 11.6. The molecule has 2 N–H and O–H groups in total. The topological polar surface area (TPSA) is 83.5 Å². The predicted molar refractivity (Wildman–Crippen MR) is 68.7 cm³/mol. The molecule has 1 unspecified atom stereocenters. The molecule has 0 spiro atoms. The third-order valence-electron chi connectivity index (χ3n) is 3.04. The highest BCUT2D eigenvalue weighted by atomic mass is 32.2. The fraction of sp³-hybridized carbons (Fsp3) is 0.417. The van der Waals surface area contributed by atoms with Crippen molar-refractivity contribution < 1.29 is 22.7 Å². The van der Waals surface area contributed by atoms with Crippen molar-refractivity contribution in [2.75, 3.05) is 16.8 Å². The normalized spacial score (nSPS) is 21.8. The van der Waals surface area contributed by atoms with Crippen molar-refractivity contribution in [1.82, 2.24) is 0 Å². The van der Waals surface area contributed by atoms with Crippen LogP contribution < -0.4 is 5.32 Å². The van der Waals surface area contributed by atoms with Crippen molar-refractivity contribution in [3.63, 3.8) is 0 Å². The van der Waals surface area contributed by atoms with Gasteiger partial charge in [0.05, 0.1) is 22.8 Å². The van der Waals surface area contributed by atoms with E-state index in [0.717, 1.165) is 6.07 Å². The largest absolute Gasteiger partial charge is 0.478 e. The molecule has 1 aliphatic rings. The average molecular weight is 287 g/mol. The zero-order valence-electron chi connectivity index (χ0n) is 10.1. The molecule has 7 heteroatoms. The number of aromatic carboxylic acids is 1. The summed E-state index contributed by atoms with van der Waals surface area (Å²) in [6.45, 7) is 0. The monoisotopic (exact) mass is 287 g/mol. The standard InChI is InChI=1S/C12H14FNO4S/c13-10-4-3-8(12(15)16)6-11(10)14-9-2-1-5-19(17,18)7-9/h3-4,6,9,14H,1-2,5,7H2,(H,15,16). The van der Waals surface area contributed by atoms with E-state index in [4.69, 9.17) is 5.11 Å². The summed E-state index contributed by atoms with van der Waals surface area (Å²) in [4.78, 5) is 10.8. The van der Waals surface area contributed by atoms with Gasteiger partial charge in [-0.05, 0) is 31.0 Å². The second-order valence-electron chi connectivity index (χ2n) is 4.60. The van der Waals surface area contributed by atoms with E-state index in [2.05, 4.69) is 5.32 Å². The highest BCUT2D eigenvalue weighted by Crippen LogP contribution is 2.21. The van der Waals surface area contributed by atoms with Crippen LogP contribution >= 0.6 is 0 Å². The molecule has 5 nitrogen and oxygen atoms in total. The molecule has 1 aromatic carbocycles. The Hall–Kier alpha value is -1.63. The predicted octanol–water partition coefficient (Wildman–Crippen LogP) is 1.51. The van der Waals surface area contributed by atoms with Gasteiger partial charge in [0, 0.05) is 6.04 Å². The van der Waals surface area contributed by atoms with Crippen molar-refractivity contribution in [3.05, 3.63) is 29.6 Å².